The molecule has 1 fully saturated rings. The van der Waals surface area contributed by atoms with Crippen LogP contribution in [0.3, 0.4) is 0 Å². The van der Waals surface area contributed by atoms with Crippen LogP contribution in [0.25, 0.3) is 10.9 Å². The van der Waals surface area contributed by atoms with Gasteiger partial charge < -0.3 is 9.88 Å². The summed E-state index contributed by atoms with van der Waals surface area (Å²) in [5.74, 6) is 2.75. The maximum absolute atomic E-state index is 12.5. The molecule has 20 heavy (non-hydrogen) atoms. The Hall–Kier alpha value is -2.25. The molecular formula is C16H17N3O. The van der Waals surface area contributed by atoms with Crippen molar-refractivity contribution >= 4 is 16.8 Å². The maximum Gasteiger partial charge on any atom is 0.253 e. The molecule has 0 saturated carbocycles. The average molecular weight is 267 g/mol. The van der Waals surface area contributed by atoms with E-state index in [-0.39, 0.29) is 5.91 Å². The Morgan fingerprint density at radius 1 is 1.25 bits per heavy atom. The molecule has 4 heteroatoms. The molecule has 1 amide bonds. The van der Waals surface area contributed by atoms with Gasteiger partial charge >= 0.3 is 0 Å². The number of terminal acetylenes is 1. The number of hydrogen-bond donors (Lipinski definition) is 1. The molecule has 102 valence electrons. The Balaban J connectivity index is 1.71. The first-order valence-electron chi connectivity index (χ1n) is 6.80. The molecule has 1 N–H and O–H groups in total. The molecule has 3 rings (SSSR count). The lowest BCUT2D eigenvalue weighted by molar-refractivity contribution is 0.0652. The first kappa shape index (κ1) is 12.8. The van der Waals surface area contributed by atoms with Gasteiger partial charge in [-0.2, -0.15) is 0 Å². The number of carbonyl (C=O) groups excluding carboxylic acids is 1. The zero-order valence-electron chi connectivity index (χ0n) is 11.3. The predicted octanol–water partition coefficient (Wildman–Crippen LogP) is 1.56. The SMILES string of the molecule is C#CCN1CCN(C(=O)c2ccc3[nH]ccc3c2)CC1. The zero-order valence-corrected chi connectivity index (χ0v) is 11.3. The molecule has 4 nitrogen and oxygen atoms in total. The first-order valence-corrected chi connectivity index (χ1v) is 6.80. The van der Waals surface area contributed by atoms with Crippen LogP contribution in [0.2, 0.25) is 0 Å². The van der Waals surface area contributed by atoms with Crippen LogP contribution in [0.5, 0.6) is 0 Å². The number of nitrogens with zero attached hydrogens (tertiary/aromatic N) is 2. The molecule has 0 unspecified atom stereocenters. The van der Waals surface area contributed by atoms with E-state index < -0.39 is 0 Å². The largest absolute Gasteiger partial charge is 0.361 e. The number of H-pyrrole nitrogens is 1. The smallest absolute Gasteiger partial charge is 0.253 e. The minimum Gasteiger partial charge on any atom is -0.361 e. The number of hydrogen-bond acceptors (Lipinski definition) is 2. The molecule has 0 atom stereocenters. The van der Waals surface area contributed by atoms with Gasteiger partial charge in [0.05, 0.1) is 6.54 Å². The van der Waals surface area contributed by atoms with Crippen molar-refractivity contribution in [2.45, 2.75) is 0 Å². The fraction of sp³-hybridized carbons (Fsp3) is 0.312. The summed E-state index contributed by atoms with van der Waals surface area (Å²) in [5, 5.41) is 1.07. The quantitative estimate of drug-likeness (QED) is 0.839. The number of nitrogens with one attached hydrogen (secondary N) is 1. The summed E-state index contributed by atoms with van der Waals surface area (Å²) in [4.78, 5) is 19.7. The van der Waals surface area contributed by atoms with Gasteiger partial charge in [0.2, 0.25) is 0 Å². The van der Waals surface area contributed by atoms with E-state index in [1.807, 2.05) is 35.4 Å². The minimum absolute atomic E-state index is 0.105. The summed E-state index contributed by atoms with van der Waals surface area (Å²) in [5.41, 5.74) is 1.81. The lowest BCUT2D eigenvalue weighted by Gasteiger charge is -2.33. The molecule has 0 bridgehead atoms. The Kier molecular flexibility index (Phi) is 3.44. The summed E-state index contributed by atoms with van der Waals surface area (Å²) in [6, 6.07) is 7.77. The lowest BCUT2D eigenvalue weighted by atomic mass is 10.1. The van der Waals surface area contributed by atoms with Crippen LogP contribution >= 0.6 is 0 Å². The molecule has 1 aliphatic heterocycles. The van der Waals surface area contributed by atoms with Crippen LogP contribution in [0.4, 0.5) is 0 Å². The van der Waals surface area contributed by atoms with E-state index in [4.69, 9.17) is 6.42 Å². The highest BCUT2D eigenvalue weighted by Crippen LogP contribution is 2.16. The maximum atomic E-state index is 12.5. The Labute approximate surface area is 118 Å². The fourth-order valence-electron chi connectivity index (χ4n) is 2.61. The molecule has 1 aliphatic rings. The molecule has 0 radical (unpaired) electrons. The van der Waals surface area contributed by atoms with Crippen LogP contribution in [0.1, 0.15) is 10.4 Å². The highest BCUT2D eigenvalue weighted by Gasteiger charge is 2.21. The van der Waals surface area contributed by atoms with E-state index in [0.29, 0.717) is 6.54 Å². The van der Waals surface area contributed by atoms with Crippen molar-refractivity contribution < 1.29 is 4.79 Å². The Bertz CT molecular complexity index is 660. The van der Waals surface area contributed by atoms with Gasteiger partial charge in [-0.15, -0.1) is 6.42 Å². The number of fused-ring (bicyclic) bond motifs is 1. The second kappa shape index (κ2) is 5.40. The predicted molar refractivity (Wildman–Crippen MR) is 79.5 cm³/mol. The average Bonchev–Trinajstić information content (AvgIpc) is 2.95. The van der Waals surface area contributed by atoms with Crippen LogP contribution in [0, 0.1) is 12.3 Å². The molecule has 0 aliphatic carbocycles. The summed E-state index contributed by atoms with van der Waals surface area (Å²) in [7, 11) is 0. The van der Waals surface area contributed by atoms with E-state index >= 15 is 0 Å². The molecular weight excluding hydrogens is 250 g/mol. The van der Waals surface area contributed by atoms with E-state index in [1.165, 1.54) is 0 Å². The second-order valence-corrected chi connectivity index (χ2v) is 5.05. The number of amides is 1. The normalized spacial score (nSPS) is 16.2. The van der Waals surface area contributed by atoms with Crippen molar-refractivity contribution in [2.24, 2.45) is 0 Å². The summed E-state index contributed by atoms with van der Waals surface area (Å²) < 4.78 is 0. The van der Waals surface area contributed by atoms with Gasteiger partial charge in [-0.1, -0.05) is 5.92 Å². The van der Waals surface area contributed by atoms with Crippen LogP contribution < -0.4 is 0 Å². The zero-order chi connectivity index (χ0) is 13.9. The van der Waals surface area contributed by atoms with Gasteiger partial charge in [0.15, 0.2) is 0 Å². The molecule has 1 aromatic heterocycles. The van der Waals surface area contributed by atoms with Crippen LogP contribution in [0.15, 0.2) is 30.5 Å². The van der Waals surface area contributed by atoms with Gasteiger partial charge in [0.1, 0.15) is 0 Å². The van der Waals surface area contributed by atoms with Gasteiger partial charge in [-0.05, 0) is 24.3 Å². The van der Waals surface area contributed by atoms with E-state index in [1.54, 1.807) is 0 Å². The van der Waals surface area contributed by atoms with Crippen molar-refractivity contribution in [1.82, 2.24) is 14.8 Å². The van der Waals surface area contributed by atoms with Crippen LogP contribution in [-0.4, -0.2) is 53.4 Å². The van der Waals surface area contributed by atoms with Crippen molar-refractivity contribution in [1.29, 1.82) is 0 Å². The second-order valence-electron chi connectivity index (χ2n) is 5.05. The Morgan fingerprint density at radius 3 is 2.80 bits per heavy atom. The monoisotopic (exact) mass is 267 g/mol. The van der Waals surface area contributed by atoms with Crippen molar-refractivity contribution in [3.63, 3.8) is 0 Å². The van der Waals surface area contributed by atoms with E-state index in [0.717, 1.165) is 42.6 Å². The topological polar surface area (TPSA) is 39.3 Å². The molecule has 0 spiro atoms. The van der Waals surface area contributed by atoms with Crippen molar-refractivity contribution in [3.8, 4) is 12.3 Å². The molecule has 2 aromatic rings. The fourth-order valence-corrected chi connectivity index (χ4v) is 2.61. The third kappa shape index (κ3) is 2.40. The van der Waals surface area contributed by atoms with E-state index in [2.05, 4.69) is 15.8 Å². The summed E-state index contributed by atoms with van der Waals surface area (Å²) in [6.07, 6.45) is 7.20. The molecule has 1 aromatic carbocycles. The molecule has 1 saturated heterocycles. The van der Waals surface area contributed by atoms with Gasteiger partial charge in [0, 0.05) is 48.8 Å². The molecule has 2 heterocycles. The van der Waals surface area contributed by atoms with Crippen LogP contribution in [-0.2, 0) is 0 Å². The van der Waals surface area contributed by atoms with Gasteiger partial charge in [-0.3, -0.25) is 9.69 Å². The number of piperazine rings is 1. The summed E-state index contributed by atoms with van der Waals surface area (Å²) in [6.45, 7) is 3.85. The number of benzene rings is 1. The highest BCUT2D eigenvalue weighted by molar-refractivity contribution is 5.98. The number of carbonyl (C=O) groups is 1. The third-order valence-corrected chi connectivity index (χ3v) is 3.77. The number of rotatable bonds is 2. The Morgan fingerprint density at radius 2 is 2.05 bits per heavy atom. The minimum atomic E-state index is 0.105. The summed E-state index contributed by atoms with van der Waals surface area (Å²) >= 11 is 0. The number of aromatic amines is 1. The highest BCUT2D eigenvalue weighted by atomic mass is 16.2. The van der Waals surface area contributed by atoms with Crippen molar-refractivity contribution in [3.05, 3.63) is 36.0 Å². The van der Waals surface area contributed by atoms with Gasteiger partial charge in [-0.25, -0.2) is 0 Å². The first-order chi connectivity index (χ1) is 9.78. The van der Waals surface area contributed by atoms with Gasteiger partial charge in [0.25, 0.3) is 5.91 Å². The van der Waals surface area contributed by atoms with Crippen molar-refractivity contribution in [2.75, 3.05) is 32.7 Å². The van der Waals surface area contributed by atoms with E-state index in [9.17, 15) is 4.79 Å². The lowest BCUT2D eigenvalue weighted by Crippen LogP contribution is -2.48. The standard InChI is InChI=1S/C16H17N3O/c1-2-7-18-8-10-19(11-9-18)16(20)14-3-4-15-13(12-14)5-6-17-15/h1,3-6,12,17H,7-11H2. The number of aromatic nitrogens is 1. The third-order valence-electron chi connectivity index (χ3n) is 3.77.